The molecule has 106 valence electrons. The van der Waals surface area contributed by atoms with Crippen LogP contribution in [0.4, 0.5) is 10.1 Å². The highest BCUT2D eigenvalue weighted by molar-refractivity contribution is 5.54. The van der Waals surface area contributed by atoms with Gasteiger partial charge in [-0.3, -0.25) is 0 Å². The molecule has 3 aromatic rings. The number of halogens is 1. The van der Waals surface area contributed by atoms with Gasteiger partial charge < -0.3 is 5.32 Å². The molecular weight excluding hydrogens is 269 g/mol. The van der Waals surface area contributed by atoms with E-state index in [1.54, 1.807) is 17.1 Å². The van der Waals surface area contributed by atoms with E-state index in [0.717, 1.165) is 22.5 Å². The van der Waals surface area contributed by atoms with E-state index in [4.69, 9.17) is 0 Å². The Labute approximate surface area is 121 Å². The van der Waals surface area contributed by atoms with Crippen LogP contribution in [0.1, 0.15) is 11.1 Å². The van der Waals surface area contributed by atoms with Crippen LogP contribution in [0, 0.1) is 12.7 Å². The molecule has 0 atom stereocenters. The highest BCUT2D eigenvalue weighted by Crippen LogP contribution is 2.19. The molecule has 1 N–H and O–H groups in total. The fourth-order valence-corrected chi connectivity index (χ4v) is 2.09. The van der Waals surface area contributed by atoms with E-state index < -0.39 is 0 Å². The maximum absolute atomic E-state index is 13.1. The monoisotopic (exact) mass is 283 g/mol. The molecule has 0 saturated heterocycles. The molecule has 1 aromatic heterocycles. The number of hydrogen-bond donors (Lipinski definition) is 1. The maximum atomic E-state index is 13.1. The van der Waals surface area contributed by atoms with Crippen LogP contribution < -0.4 is 5.32 Å². The number of rotatable bonds is 4. The van der Waals surface area contributed by atoms with Crippen LogP contribution in [0.5, 0.6) is 0 Å². The van der Waals surface area contributed by atoms with Gasteiger partial charge in [-0.15, -0.1) is 5.10 Å². The van der Waals surface area contributed by atoms with Crippen LogP contribution in [-0.2, 0) is 6.54 Å². The van der Waals surface area contributed by atoms with E-state index in [-0.39, 0.29) is 5.82 Å². The first kappa shape index (κ1) is 13.2. The van der Waals surface area contributed by atoms with E-state index in [1.165, 1.54) is 12.1 Å². The predicted octanol–water partition coefficient (Wildman–Crippen LogP) is 2.72. The lowest BCUT2D eigenvalue weighted by Gasteiger charge is -2.10. The molecule has 0 aliphatic carbocycles. The molecule has 3 rings (SSSR count). The molecule has 6 heteroatoms. The van der Waals surface area contributed by atoms with Crippen LogP contribution in [0.2, 0.25) is 0 Å². The van der Waals surface area contributed by atoms with Gasteiger partial charge in [0.15, 0.2) is 0 Å². The number of anilines is 1. The quantitative estimate of drug-likeness (QED) is 0.800. The summed E-state index contributed by atoms with van der Waals surface area (Å²) >= 11 is 0. The fourth-order valence-electron chi connectivity index (χ4n) is 2.09. The van der Waals surface area contributed by atoms with Gasteiger partial charge in [0, 0.05) is 12.2 Å². The first-order valence-corrected chi connectivity index (χ1v) is 6.55. The van der Waals surface area contributed by atoms with Gasteiger partial charge in [0.2, 0.25) is 0 Å². The van der Waals surface area contributed by atoms with Crippen molar-refractivity contribution < 1.29 is 4.39 Å². The third kappa shape index (κ3) is 3.05. The molecule has 21 heavy (non-hydrogen) atoms. The molecule has 0 saturated carbocycles. The topological polar surface area (TPSA) is 55.6 Å². The van der Waals surface area contributed by atoms with Gasteiger partial charge in [0.05, 0.1) is 5.69 Å². The zero-order valence-electron chi connectivity index (χ0n) is 11.5. The molecule has 0 spiro atoms. The summed E-state index contributed by atoms with van der Waals surface area (Å²) in [6.45, 7) is 2.54. The highest BCUT2D eigenvalue weighted by Gasteiger charge is 2.04. The standard InChI is InChI=1S/C15H14FN5/c1-11-5-6-14(8-15(11)21-10-18-19-20-21)17-9-12-3-2-4-13(16)7-12/h2-8,10,17H,9H2,1H3. The van der Waals surface area contributed by atoms with Crippen molar-refractivity contribution in [1.82, 2.24) is 20.2 Å². The fraction of sp³-hybridized carbons (Fsp3) is 0.133. The van der Waals surface area contributed by atoms with Crippen LogP contribution in [0.25, 0.3) is 5.69 Å². The van der Waals surface area contributed by atoms with Gasteiger partial charge in [-0.25, -0.2) is 9.07 Å². The third-order valence-electron chi connectivity index (χ3n) is 3.19. The van der Waals surface area contributed by atoms with Gasteiger partial charge >= 0.3 is 0 Å². The molecule has 0 radical (unpaired) electrons. The Kier molecular flexibility index (Phi) is 3.59. The summed E-state index contributed by atoms with van der Waals surface area (Å²) in [6, 6.07) is 12.5. The normalized spacial score (nSPS) is 10.6. The van der Waals surface area contributed by atoms with Crippen molar-refractivity contribution in [3.05, 3.63) is 65.7 Å². The van der Waals surface area contributed by atoms with Crippen LogP contribution in [0.15, 0.2) is 48.8 Å². The minimum atomic E-state index is -0.229. The Morgan fingerprint density at radius 2 is 2.10 bits per heavy atom. The molecule has 0 fully saturated rings. The largest absolute Gasteiger partial charge is 0.381 e. The van der Waals surface area contributed by atoms with Gasteiger partial charge in [0.1, 0.15) is 12.1 Å². The average Bonchev–Trinajstić information content (AvgIpc) is 3.00. The number of benzene rings is 2. The summed E-state index contributed by atoms with van der Waals surface area (Å²) in [6.07, 6.45) is 1.55. The summed E-state index contributed by atoms with van der Waals surface area (Å²) in [7, 11) is 0. The van der Waals surface area contributed by atoms with Crippen LogP contribution >= 0.6 is 0 Å². The van der Waals surface area contributed by atoms with Crippen molar-refractivity contribution in [3.8, 4) is 5.69 Å². The van der Waals surface area contributed by atoms with E-state index in [2.05, 4.69) is 20.8 Å². The van der Waals surface area contributed by atoms with Crippen molar-refractivity contribution in [3.63, 3.8) is 0 Å². The summed E-state index contributed by atoms with van der Waals surface area (Å²) in [5.41, 5.74) is 3.79. The van der Waals surface area contributed by atoms with Crippen LogP contribution in [-0.4, -0.2) is 20.2 Å². The first-order chi connectivity index (χ1) is 10.2. The first-order valence-electron chi connectivity index (χ1n) is 6.55. The van der Waals surface area contributed by atoms with Crippen molar-refractivity contribution in [2.45, 2.75) is 13.5 Å². The summed E-state index contributed by atoms with van der Waals surface area (Å²) in [5, 5.41) is 14.5. The summed E-state index contributed by atoms with van der Waals surface area (Å²) in [4.78, 5) is 0. The molecule has 0 aliphatic rings. The van der Waals surface area contributed by atoms with E-state index in [9.17, 15) is 4.39 Å². The van der Waals surface area contributed by atoms with Crippen molar-refractivity contribution in [1.29, 1.82) is 0 Å². The lowest BCUT2D eigenvalue weighted by Crippen LogP contribution is -2.03. The second kappa shape index (κ2) is 5.70. The van der Waals surface area contributed by atoms with Crippen molar-refractivity contribution in [2.75, 3.05) is 5.32 Å². The smallest absolute Gasteiger partial charge is 0.143 e. The predicted molar refractivity (Wildman–Crippen MR) is 77.6 cm³/mol. The van der Waals surface area contributed by atoms with Gasteiger partial charge in [-0.1, -0.05) is 18.2 Å². The number of tetrazole rings is 1. The zero-order chi connectivity index (χ0) is 14.7. The molecule has 0 bridgehead atoms. The molecule has 2 aromatic carbocycles. The molecule has 0 unspecified atom stereocenters. The van der Waals surface area contributed by atoms with Crippen molar-refractivity contribution in [2.24, 2.45) is 0 Å². The molecule has 1 heterocycles. The Morgan fingerprint density at radius 1 is 1.19 bits per heavy atom. The maximum Gasteiger partial charge on any atom is 0.143 e. The average molecular weight is 283 g/mol. The Morgan fingerprint density at radius 3 is 2.86 bits per heavy atom. The second-order valence-electron chi connectivity index (χ2n) is 4.74. The van der Waals surface area contributed by atoms with Gasteiger partial charge in [-0.2, -0.15) is 0 Å². The molecular formula is C15H14FN5. The Bertz CT molecular complexity index is 740. The second-order valence-corrected chi connectivity index (χ2v) is 4.74. The van der Waals surface area contributed by atoms with Gasteiger partial charge in [-0.05, 0) is 52.7 Å². The lowest BCUT2D eigenvalue weighted by molar-refractivity contribution is 0.626. The molecule has 0 aliphatic heterocycles. The van der Waals surface area contributed by atoms with Gasteiger partial charge in [0.25, 0.3) is 0 Å². The number of nitrogens with one attached hydrogen (secondary N) is 1. The molecule has 5 nitrogen and oxygen atoms in total. The minimum absolute atomic E-state index is 0.229. The number of aromatic nitrogens is 4. The zero-order valence-corrected chi connectivity index (χ0v) is 11.5. The Hall–Kier alpha value is -2.76. The third-order valence-corrected chi connectivity index (χ3v) is 3.19. The Balaban J connectivity index is 1.79. The summed E-state index contributed by atoms with van der Waals surface area (Å²) in [5.74, 6) is -0.229. The number of aryl methyl sites for hydroxylation is 1. The molecule has 0 amide bonds. The number of hydrogen-bond acceptors (Lipinski definition) is 4. The van der Waals surface area contributed by atoms with E-state index >= 15 is 0 Å². The van der Waals surface area contributed by atoms with Crippen molar-refractivity contribution >= 4 is 5.69 Å². The lowest BCUT2D eigenvalue weighted by atomic mass is 10.1. The van der Waals surface area contributed by atoms with E-state index in [1.807, 2.05) is 31.2 Å². The summed E-state index contributed by atoms with van der Waals surface area (Å²) < 4.78 is 14.8. The SMILES string of the molecule is Cc1ccc(NCc2cccc(F)c2)cc1-n1cnnn1. The van der Waals surface area contributed by atoms with Crippen LogP contribution in [0.3, 0.4) is 0 Å². The van der Waals surface area contributed by atoms with E-state index in [0.29, 0.717) is 6.54 Å². The number of nitrogens with zero attached hydrogens (tertiary/aromatic N) is 4. The highest BCUT2D eigenvalue weighted by atomic mass is 19.1. The minimum Gasteiger partial charge on any atom is -0.381 e.